The van der Waals surface area contributed by atoms with Crippen LogP contribution in [0.15, 0.2) is 54.7 Å². The second kappa shape index (κ2) is 6.68. The molecule has 0 bridgehead atoms. The van der Waals surface area contributed by atoms with Crippen LogP contribution in [0.4, 0.5) is 0 Å². The number of rotatable bonds is 5. The summed E-state index contributed by atoms with van der Waals surface area (Å²) >= 11 is 0. The van der Waals surface area contributed by atoms with Crippen LogP contribution in [0.2, 0.25) is 0 Å². The average Bonchev–Trinajstić information content (AvgIpc) is 3.18. The summed E-state index contributed by atoms with van der Waals surface area (Å²) in [4.78, 5) is 41.5. The lowest BCUT2D eigenvalue weighted by Crippen LogP contribution is -2.32. The molecule has 1 aromatic carbocycles. The van der Waals surface area contributed by atoms with Gasteiger partial charge in [0.2, 0.25) is 11.8 Å². The number of likely N-dealkylation sites (tertiary alicyclic amines) is 1. The third kappa shape index (κ3) is 2.97. The Kier molecular flexibility index (Phi) is 4.19. The Hall–Kier alpha value is -3.48. The van der Waals surface area contributed by atoms with E-state index in [1.807, 2.05) is 53.1 Å². The minimum atomic E-state index is -1.04. The number of aliphatic carboxylic acids is 1. The normalized spacial score (nSPS) is 17.0. The monoisotopic (exact) mass is 363 g/mol. The fourth-order valence-corrected chi connectivity index (χ4v) is 3.53. The fourth-order valence-electron chi connectivity index (χ4n) is 3.53. The molecule has 0 radical (unpaired) electrons. The number of hydrogen-bond donors (Lipinski definition) is 1. The van der Waals surface area contributed by atoms with Gasteiger partial charge in [0.05, 0.1) is 17.9 Å². The molecule has 3 heterocycles. The smallest absolute Gasteiger partial charge is 0.305 e. The van der Waals surface area contributed by atoms with Crippen LogP contribution in [-0.4, -0.2) is 43.9 Å². The number of pyridine rings is 1. The molecular formula is C20H17N3O4. The number of amides is 2. The van der Waals surface area contributed by atoms with E-state index in [2.05, 4.69) is 4.98 Å². The Labute approximate surface area is 154 Å². The van der Waals surface area contributed by atoms with Crippen molar-refractivity contribution in [2.45, 2.75) is 18.8 Å². The molecule has 2 aromatic heterocycles. The van der Waals surface area contributed by atoms with E-state index in [1.54, 1.807) is 6.20 Å². The quantitative estimate of drug-likeness (QED) is 0.703. The van der Waals surface area contributed by atoms with Crippen molar-refractivity contribution in [2.75, 3.05) is 6.54 Å². The molecule has 1 N–H and O–H groups in total. The van der Waals surface area contributed by atoms with Gasteiger partial charge < -0.3 is 5.11 Å². The molecule has 0 aliphatic carbocycles. The number of aromatic nitrogens is 2. The molecule has 1 atom stereocenters. The highest BCUT2D eigenvalue weighted by Gasteiger charge is 2.41. The summed E-state index contributed by atoms with van der Waals surface area (Å²) in [6.07, 6.45) is 1.45. The summed E-state index contributed by atoms with van der Waals surface area (Å²) in [6, 6.07) is 15.1. The number of benzene rings is 1. The summed E-state index contributed by atoms with van der Waals surface area (Å²) in [6.45, 7) is -0.104. The topological polar surface area (TPSA) is 92.5 Å². The third-order valence-electron chi connectivity index (χ3n) is 4.77. The number of fused-ring (bicyclic) bond motifs is 1. The van der Waals surface area contributed by atoms with Crippen molar-refractivity contribution in [1.29, 1.82) is 0 Å². The van der Waals surface area contributed by atoms with Crippen molar-refractivity contribution in [3.05, 3.63) is 60.4 Å². The second-order valence-corrected chi connectivity index (χ2v) is 6.44. The Morgan fingerprint density at radius 2 is 1.93 bits per heavy atom. The summed E-state index contributed by atoms with van der Waals surface area (Å²) in [5, 5.41) is 9.80. The van der Waals surface area contributed by atoms with E-state index in [9.17, 15) is 14.4 Å². The van der Waals surface area contributed by atoms with E-state index in [0.29, 0.717) is 11.5 Å². The second-order valence-electron chi connectivity index (χ2n) is 6.44. The summed E-state index contributed by atoms with van der Waals surface area (Å²) < 4.78 is 1.89. The molecule has 1 unspecified atom stereocenters. The molecule has 1 aliphatic heterocycles. The van der Waals surface area contributed by atoms with Crippen molar-refractivity contribution >= 4 is 28.7 Å². The number of carboxylic acid groups (broad SMARTS) is 1. The number of hydrogen-bond acceptors (Lipinski definition) is 4. The van der Waals surface area contributed by atoms with E-state index in [0.717, 1.165) is 15.8 Å². The lowest BCUT2D eigenvalue weighted by Gasteiger charge is -2.15. The van der Waals surface area contributed by atoms with Crippen molar-refractivity contribution in [3.63, 3.8) is 0 Å². The first-order chi connectivity index (χ1) is 13.1. The first-order valence-corrected chi connectivity index (χ1v) is 8.64. The van der Waals surface area contributed by atoms with E-state index >= 15 is 0 Å². The molecule has 7 nitrogen and oxygen atoms in total. The van der Waals surface area contributed by atoms with Crippen molar-refractivity contribution in [3.8, 4) is 5.82 Å². The predicted octanol–water partition coefficient (Wildman–Crippen LogP) is 2.34. The highest BCUT2D eigenvalue weighted by molar-refractivity contribution is 6.06. The van der Waals surface area contributed by atoms with Gasteiger partial charge in [-0.2, -0.15) is 0 Å². The van der Waals surface area contributed by atoms with Crippen LogP contribution in [0.25, 0.3) is 16.7 Å². The molecule has 1 saturated heterocycles. The number of carbonyl (C=O) groups excluding carboxylic acids is 2. The lowest BCUT2D eigenvalue weighted by atomic mass is 10.0. The van der Waals surface area contributed by atoms with E-state index in [4.69, 9.17) is 5.11 Å². The number of nitrogens with zero attached hydrogens (tertiary/aromatic N) is 3. The van der Waals surface area contributed by atoms with Gasteiger partial charge in [-0.3, -0.25) is 23.9 Å². The van der Waals surface area contributed by atoms with Crippen LogP contribution in [0.5, 0.6) is 0 Å². The average molecular weight is 363 g/mol. The molecule has 7 heteroatoms. The lowest BCUT2D eigenvalue weighted by molar-refractivity contribution is -0.141. The molecule has 136 valence electrons. The fraction of sp³-hybridized carbons (Fsp3) is 0.200. The van der Waals surface area contributed by atoms with Crippen LogP contribution in [0.1, 0.15) is 24.5 Å². The molecule has 1 aliphatic rings. The van der Waals surface area contributed by atoms with Gasteiger partial charge in [-0.25, -0.2) is 4.98 Å². The predicted molar refractivity (Wildman–Crippen MR) is 97.4 cm³/mol. The maximum atomic E-state index is 12.9. The molecular weight excluding hydrogens is 346 g/mol. The van der Waals surface area contributed by atoms with Crippen LogP contribution < -0.4 is 0 Å². The Morgan fingerprint density at radius 3 is 2.67 bits per heavy atom. The first-order valence-electron chi connectivity index (χ1n) is 8.64. The van der Waals surface area contributed by atoms with Gasteiger partial charge in [0, 0.05) is 30.2 Å². The standard InChI is InChI=1S/C20H17N3O4/c24-18-12-14(20(27)22(18)10-8-19(25)26)16-11-13-5-1-2-6-15(13)23(16)17-7-3-4-9-21-17/h1-7,9,11,14H,8,10,12H2,(H,25,26). The summed E-state index contributed by atoms with van der Waals surface area (Å²) in [5.41, 5.74) is 1.58. The Balaban J connectivity index is 1.79. The summed E-state index contributed by atoms with van der Waals surface area (Å²) in [5.74, 6) is -1.73. The highest BCUT2D eigenvalue weighted by atomic mass is 16.4. The van der Waals surface area contributed by atoms with Gasteiger partial charge >= 0.3 is 5.97 Å². The van der Waals surface area contributed by atoms with Gasteiger partial charge in [-0.1, -0.05) is 24.3 Å². The number of imide groups is 1. The van der Waals surface area contributed by atoms with Gasteiger partial charge in [0.15, 0.2) is 0 Å². The molecule has 1 fully saturated rings. The van der Waals surface area contributed by atoms with E-state index in [-0.39, 0.29) is 31.2 Å². The number of para-hydroxylation sites is 1. The molecule has 0 saturated carbocycles. The maximum Gasteiger partial charge on any atom is 0.305 e. The zero-order valence-corrected chi connectivity index (χ0v) is 14.4. The largest absolute Gasteiger partial charge is 0.481 e. The highest BCUT2D eigenvalue weighted by Crippen LogP contribution is 2.35. The minimum absolute atomic E-state index is 0.0294. The SMILES string of the molecule is O=C(O)CCN1C(=O)CC(c2cc3ccccc3n2-c2ccccn2)C1=O. The molecule has 3 aromatic rings. The minimum Gasteiger partial charge on any atom is -0.481 e. The van der Waals surface area contributed by atoms with Crippen LogP contribution >= 0.6 is 0 Å². The molecule has 4 rings (SSSR count). The summed E-state index contributed by atoms with van der Waals surface area (Å²) in [7, 11) is 0. The zero-order chi connectivity index (χ0) is 19.0. The van der Waals surface area contributed by atoms with Crippen LogP contribution in [0, 0.1) is 0 Å². The van der Waals surface area contributed by atoms with Gasteiger partial charge in [-0.05, 0) is 24.3 Å². The van der Waals surface area contributed by atoms with E-state index < -0.39 is 11.9 Å². The van der Waals surface area contributed by atoms with Gasteiger partial charge in [0.1, 0.15) is 5.82 Å². The zero-order valence-electron chi connectivity index (χ0n) is 14.4. The Morgan fingerprint density at radius 1 is 1.15 bits per heavy atom. The number of carboxylic acids is 1. The third-order valence-corrected chi connectivity index (χ3v) is 4.77. The molecule has 27 heavy (non-hydrogen) atoms. The van der Waals surface area contributed by atoms with Crippen molar-refractivity contribution in [2.24, 2.45) is 0 Å². The maximum absolute atomic E-state index is 12.9. The van der Waals surface area contributed by atoms with Crippen molar-refractivity contribution < 1.29 is 19.5 Å². The Bertz CT molecular complexity index is 1040. The number of carbonyl (C=O) groups is 3. The van der Waals surface area contributed by atoms with Gasteiger partial charge in [0.25, 0.3) is 0 Å². The van der Waals surface area contributed by atoms with Crippen LogP contribution in [0.3, 0.4) is 0 Å². The van der Waals surface area contributed by atoms with Crippen LogP contribution in [-0.2, 0) is 14.4 Å². The first kappa shape index (κ1) is 17.0. The molecule has 0 spiro atoms. The van der Waals surface area contributed by atoms with Crippen molar-refractivity contribution in [1.82, 2.24) is 14.5 Å². The van der Waals surface area contributed by atoms with E-state index in [1.165, 1.54) is 0 Å². The van der Waals surface area contributed by atoms with Gasteiger partial charge in [-0.15, -0.1) is 0 Å². The molecule has 2 amide bonds.